The van der Waals surface area contributed by atoms with Crippen LogP contribution in [0.3, 0.4) is 0 Å². The summed E-state index contributed by atoms with van der Waals surface area (Å²) in [5.74, 6) is 1.22. The lowest BCUT2D eigenvalue weighted by Gasteiger charge is -2.37. The lowest BCUT2D eigenvalue weighted by molar-refractivity contribution is 0.0326. The van der Waals surface area contributed by atoms with Gasteiger partial charge in [-0.1, -0.05) is 0 Å². The van der Waals surface area contributed by atoms with E-state index in [1.165, 1.54) is 0 Å². The number of aromatic nitrogens is 2. The van der Waals surface area contributed by atoms with E-state index in [9.17, 15) is 4.79 Å². The summed E-state index contributed by atoms with van der Waals surface area (Å²) in [5.41, 5.74) is 0. The molecule has 0 saturated carbocycles. The molecule has 1 aromatic rings. The molecule has 2 aliphatic heterocycles. The highest BCUT2D eigenvalue weighted by Crippen LogP contribution is 2.24. The lowest BCUT2D eigenvalue weighted by atomic mass is 10.1. The number of carbonyl (C=O) groups excluding carboxylic acids is 1. The second kappa shape index (κ2) is 7.65. The van der Waals surface area contributed by atoms with Gasteiger partial charge in [-0.3, -0.25) is 0 Å². The van der Waals surface area contributed by atoms with Gasteiger partial charge in [0, 0.05) is 46.1 Å². The molecule has 0 aliphatic carbocycles. The molecule has 2 amide bonds. The molecule has 0 N–H and O–H groups in total. The summed E-state index contributed by atoms with van der Waals surface area (Å²) in [6.45, 7) is 3.92. The fourth-order valence-electron chi connectivity index (χ4n) is 3.03. The number of likely N-dealkylation sites (tertiary alicyclic amines) is 1. The molecule has 0 aromatic carbocycles. The number of nitrogens with zero attached hydrogens (tertiary/aromatic N) is 5. The summed E-state index contributed by atoms with van der Waals surface area (Å²) < 4.78 is 11.4. The Balaban J connectivity index is 1.62. The number of hydrogen-bond donors (Lipinski definition) is 0. The Hall–Kier alpha value is -2.09. The van der Waals surface area contributed by atoms with Crippen LogP contribution in [0, 0.1) is 0 Å². The zero-order valence-corrected chi connectivity index (χ0v) is 14.3. The van der Waals surface area contributed by atoms with Crippen molar-refractivity contribution in [2.75, 3.05) is 58.4 Å². The average molecular weight is 335 g/mol. The smallest absolute Gasteiger partial charge is 0.320 e. The largest absolute Gasteiger partial charge is 0.470 e. The molecule has 0 bridgehead atoms. The number of amides is 2. The topological polar surface area (TPSA) is 71.0 Å². The highest BCUT2D eigenvalue weighted by atomic mass is 16.5. The van der Waals surface area contributed by atoms with Crippen LogP contribution >= 0.6 is 0 Å². The van der Waals surface area contributed by atoms with Gasteiger partial charge in [-0.2, -0.15) is 0 Å². The summed E-state index contributed by atoms with van der Waals surface area (Å²) in [4.78, 5) is 26.9. The fraction of sp³-hybridized carbons (Fsp3) is 0.688. The first kappa shape index (κ1) is 16.8. The van der Waals surface area contributed by atoms with Gasteiger partial charge in [-0.05, 0) is 12.8 Å². The van der Waals surface area contributed by atoms with Crippen molar-refractivity contribution in [3.8, 4) is 5.88 Å². The van der Waals surface area contributed by atoms with Gasteiger partial charge in [0.2, 0.25) is 0 Å². The third kappa shape index (κ3) is 3.87. The average Bonchev–Trinajstić information content (AvgIpc) is 2.62. The Kier molecular flexibility index (Phi) is 5.34. The van der Waals surface area contributed by atoms with Gasteiger partial charge in [0.05, 0.1) is 19.8 Å². The van der Waals surface area contributed by atoms with E-state index in [0.717, 1.165) is 19.4 Å². The normalized spacial score (nSPS) is 21.5. The molecule has 8 nitrogen and oxygen atoms in total. The van der Waals surface area contributed by atoms with Gasteiger partial charge in [0.15, 0.2) is 5.82 Å². The Morgan fingerprint density at radius 1 is 1.21 bits per heavy atom. The highest BCUT2D eigenvalue weighted by Gasteiger charge is 2.29. The molecule has 132 valence electrons. The van der Waals surface area contributed by atoms with Gasteiger partial charge in [0.25, 0.3) is 5.88 Å². The number of hydrogen-bond acceptors (Lipinski definition) is 6. The van der Waals surface area contributed by atoms with Crippen LogP contribution in [0.15, 0.2) is 12.4 Å². The van der Waals surface area contributed by atoms with Crippen molar-refractivity contribution in [3.05, 3.63) is 12.4 Å². The van der Waals surface area contributed by atoms with Crippen LogP contribution < -0.4 is 9.64 Å². The molecule has 8 heteroatoms. The van der Waals surface area contributed by atoms with E-state index in [2.05, 4.69) is 9.97 Å². The summed E-state index contributed by atoms with van der Waals surface area (Å²) in [5, 5.41) is 0. The predicted octanol–water partition coefficient (Wildman–Crippen LogP) is 0.838. The van der Waals surface area contributed by atoms with Gasteiger partial charge >= 0.3 is 6.03 Å². The van der Waals surface area contributed by atoms with Crippen molar-refractivity contribution < 1.29 is 14.3 Å². The number of piperidine rings is 1. The standard InChI is InChI=1S/C16H25N5O3/c1-19(2)14-15(18-6-5-17-14)24-13-4-3-7-21(12-13)16(22)20-8-10-23-11-9-20/h5-6,13H,3-4,7-12H2,1-2H3. The monoisotopic (exact) mass is 335 g/mol. The summed E-state index contributed by atoms with van der Waals surface area (Å²) in [6, 6.07) is 0.0820. The van der Waals surface area contributed by atoms with Crippen molar-refractivity contribution in [2.24, 2.45) is 0 Å². The van der Waals surface area contributed by atoms with E-state index in [1.54, 1.807) is 12.4 Å². The second-order valence-corrected chi connectivity index (χ2v) is 6.29. The molecule has 3 rings (SSSR count). The van der Waals surface area contributed by atoms with Gasteiger partial charge < -0.3 is 24.2 Å². The van der Waals surface area contributed by atoms with E-state index in [4.69, 9.17) is 9.47 Å². The summed E-state index contributed by atoms with van der Waals surface area (Å²) in [7, 11) is 3.82. The molecule has 1 unspecified atom stereocenters. The first-order valence-corrected chi connectivity index (χ1v) is 8.41. The third-order valence-electron chi connectivity index (χ3n) is 4.28. The van der Waals surface area contributed by atoms with E-state index < -0.39 is 0 Å². The highest BCUT2D eigenvalue weighted by molar-refractivity contribution is 5.74. The zero-order chi connectivity index (χ0) is 16.9. The van der Waals surface area contributed by atoms with Crippen molar-refractivity contribution in [2.45, 2.75) is 18.9 Å². The maximum absolute atomic E-state index is 12.6. The van der Waals surface area contributed by atoms with Crippen LogP contribution in [0.4, 0.5) is 10.6 Å². The van der Waals surface area contributed by atoms with Crippen molar-refractivity contribution in [1.82, 2.24) is 19.8 Å². The van der Waals surface area contributed by atoms with Crippen LogP contribution in [0.2, 0.25) is 0 Å². The Labute approximate surface area is 142 Å². The maximum atomic E-state index is 12.6. The second-order valence-electron chi connectivity index (χ2n) is 6.29. The van der Waals surface area contributed by atoms with E-state index in [0.29, 0.717) is 44.5 Å². The van der Waals surface area contributed by atoms with Gasteiger partial charge in [-0.25, -0.2) is 14.8 Å². The van der Waals surface area contributed by atoms with Crippen LogP contribution in [0.5, 0.6) is 5.88 Å². The van der Waals surface area contributed by atoms with Crippen molar-refractivity contribution in [1.29, 1.82) is 0 Å². The number of anilines is 1. The predicted molar refractivity (Wildman–Crippen MR) is 89.4 cm³/mol. The number of morpholine rings is 1. The van der Waals surface area contributed by atoms with Crippen LogP contribution in [-0.2, 0) is 4.74 Å². The number of urea groups is 1. The molecule has 2 fully saturated rings. The summed E-state index contributed by atoms with van der Waals surface area (Å²) in [6.07, 6.45) is 5.06. The van der Waals surface area contributed by atoms with Gasteiger partial charge in [0.1, 0.15) is 6.10 Å². The number of carbonyl (C=O) groups is 1. The number of ether oxygens (including phenoxy) is 2. The first-order chi connectivity index (χ1) is 11.6. The molecule has 24 heavy (non-hydrogen) atoms. The molecule has 0 spiro atoms. The van der Waals surface area contributed by atoms with Crippen molar-refractivity contribution >= 4 is 11.8 Å². The Bertz CT molecular complexity index is 562. The van der Waals surface area contributed by atoms with Crippen molar-refractivity contribution in [3.63, 3.8) is 0 Å². The van der Waals surface area contributed by atoms with Crippen LogP contribution in [0.1, 0.15) is 12.8 Å². The molecule has 1 atom stereocenters. The van der Waals surface area contributed by atoms with Gasteiger partial charge in [-0.15, -0.1) is 0 Å². The van der Waals surface area contributed by atoms with Crippen LogP contribution in [-0.4, -0.2) is 85.4 Å². The molecule has 3 heterocycles. The molecule has 0 radical (unpaired) electrons. The number of rotatable bonds is 3. The SMILES string of the molecule is CN(C)c1nccnc1OC1CCCN(C(=O)N2CCOCC2)C1. The maximum Gasteiger partial charge on any atom is 0.320 e. The molecule has 2 saturated heterocycles. The van der Waals surface area contributed by atoms with E-state index in [-0.39, 0.29) is 12.1 Å². The molecular formula is C16H25N5O3. The van der Waals surface area contributed by atoms with Crippen LogP contribution in [0.25, 0.3) is 0 Å². The minimum atomic E-state index is -0.0564. The molecule has 2 aliphatic rings. The first-order valence-electron chi connectivity index (χ1n) is 8.41. The Morgan fingerprint density at radius 2 is 1.96 bits per heavy atom. The molecular weight excluding hydrogens is 310 g/mol. The molecule has 1 aromatic heterocycles. The minimum absolute atomic E-state index is 0.0564. The quantitative estimate of drug-likeness (QED) is 0.815. The summed E-state index contributed by atoms with van der Waals surface area (Å²) >= 11 is 0. The lowest BCUT2D eigenvalue weighted by Crippen LogP contribution is -2.52. The Morgan fingerprint density at radius 3 is 2.71 bits per heavy atom. The third-order valence-corrected chi connectivity index (χ3v) is 4.28. The van der Waals surface area contributed by atoms with E-state index in [1.807, 2.05) is 28.8 Å². The minimum Gasteiger partial charge on any atom is -0.470 e. The fourth-order valence-corrected chi connectivity index (χ4v) is 3.03. The van der Waals surface area contributed by atoms with E-state index >= 15 is 0 Å². The zero-order valence-electron chi connectivity index (χ0n) is 14.3.